The lowest BCUT2D eigenvalue weighted by atomic mass is 9.53. The van der Waals surface area contributed by atoms with Crippen LogP contribution in [0.2, 0.25) is 0 Å². The molecule has 0 aromatic carbocycles. The summed E-state index contributed by atoms with van der Waals surface area (Å²) in [5, 5.41) is 11.1. The topological polar surface area (TPSA) is 56.4 Å². The van der Waals surface area contributed by atoms with Crippen molar-refractivity contribution in [2.75, 3.05) is 19.6 Å². The van der Waals surface area contributed by atoms with Gasteiger partial charge in [0.05, 0.1) is 0 Å². The zero-order valence-electron chi connectivity index (χ0n) is 18.5. The van der Waals surface area contributed by atoms with Crippen molar-refractivity contribution >= 4 is 23.4 Å². The highest BCUT2D eigenvalue weighted by molar-refractivity contribution is 7.80. The molecule has 0 aromatic rings. The average molecular weight is 433 g/mol. The van der Waals surface area contributed by atoms with Crippen molar-refractivity contribution in [1.82, 2.24) is 20.9 Å². The number of carbonyl (C=O) groups is 1. The van der Waals surface area contributed by atoms with E-state index >= 15 is 0 Å². The van der Waals surface area contributed by atoms with E-state index in [1.807, 2.05) is 0 Å². The van der Waals surface area contributed by atoms with E-state index in [-0.39, 0.29) is 11.6 Å². The van der Waals surface area contributed by atoms with Gasteiger partial charge in [0.15, 0.2) is 5.11 Å². The zero-order chi connectivity index (χ0) is 20.6. The molecule has 0 aromatic heterocycles. The molecule has 30 heavy (non-hydrogen) atoms. The minimum absolute atomic E-state index is 0.154. The molecule has 6 fully saturated rings. The van der Waals surface area contributed by atoms with E-state index in [0.717, 1.165) is 54.8 Å². The molecule has 5 aliphatic carbocycles. The van der Waals surface area contributed by atoms with E-state index in [9.17, 15) is 4.79 Å². The molecule has 0 spiro atoms. The summed E-state index contributed by atoms with van der Waals surface area (Å²) in [6, 6.07) is 0.642. The van der Waals surface area contributed by atoms with Crippen molar-refractivity contribution in [3.63, 3.8) is 0 Å². The van der Waals surface area contributed by atoms with Crippen molar-refractivity contribution in [2.45, 2.75) is 95.1 Å². The van der Waals surface area contributed by atoms with Crippen molar-refractivity contribution < 1.29 is 4.79 Å². The molecule has 0 radical (unpaired) electrons. The Bertz CT molecular complexity index is 616. The van der Waals surface area contributed by atoms with Crippen LogP contribution in [0.5, 0.6) is 0 Å². The lowest BCUT2D eigenvalue weighted by Gasteiger charge is -2.57. The van der Waals surface area contributed by atoms with Crippen molar-refractivity contribution in [1.29, 1.82) is 0 Å². The largest absolute Gasteiger partial charge is 0.363 e. The first-order valence-electron chi connectivity index (χ1n) is 12.7. The van der Waals surface area contributed by atoms with Crippen molar-refractivity contribution in [3.05, 3.63) is 0 Å². The summed E-state index contributed by atoms with van der Waals surface area (Å²) in [4.78, 5) is 14.9. The summed E-state index contributed by atoms with van der Waals surface area (Å²) in [7, 11) is 0. The lowest BCUT2D eigenvalue weighted by Crippen LogP contribution is -2.61. The van der Waals surface area contributed by atoms with E-state index in [1.54, 1.807) is 0 Å². The molecule has 5 saturated carbocycles. The number of amides is 2. The highest BCUT2D eigenvalue weighted by Crippen LogP contribution is 2.55. The maximum absolute atomic E-state index is 12.7. The maximum atomic E-state index is 12.7. The van der Waals surface area contributed by atoms with Crippen LogP contribution in [0.3, 0.4) is 0 Å². The molecule has 1 heterocycles. The van der Waals surface area contributed by atoms with Crippen LogP contribution in [0.15, 0.2) is 0 Å². The van der Waals surface area contributed by atoms with Gasteiger partial charge in [0.1, 0.15) is 0 Å². The number of hydrogen-bond donors (Lipinski definition) is 3. The molecule has 3 N–H and O–H groups in total. The first-order chi connectivity index (χ1) is 14.6. The van der Waals surface area contributed by atoms with E-state index in [0.29, 0.717) is 6.04 Å². The minimum Gasteiger partial charge on any atom is -0.363 e. The Balaban J connectivity index is 1.00. The van der Waals surface area contributed by atoms with Gasteiger partial charge < -0.3 is 20.9 Å². The molecule has 168 valence electrons. The molecule has 4 bridgehead atoms. The maximum Gasteiger partial charge on any atom is 0.317 e. The van der Waals surface area contributed by atoms with Crippen LogP contribution in [0, 0.1) is 23.7 Å². The zero-order valence-corrected chi connectivity index (χ0v) is 19.3. The van der Waals surface area contributed by atoms with E-state index in [1.165, 1.54) is 77.0 Å². The average Bonchev–Trinajstić information content (AvgIpc) is 2.71. The number of thiocarbonyl (C=S) groups is 1. The van der Waals surface area contributed by atoms with Crippen LogP contribution < -0.4 is 16.0 Å². The highest BCUT2D eigenvalue weighted by Gasteiger charge is 2.51. The fraction of sp³-hybridized carbons (Fsp3) is 0.917. The Morgan fingerprint density at radius 1 is 0.900 bits per heavy atom. The first-order valence-corrected chi connectivity index (χ1v) is 13.1. The number of rotatable bonds is 5. The molecule has 1 saturated heterocycles. The molecular formula is C24H40N4OS. The number of urea groups is 1. The first kappa shape index (κ1) is 20.8. The fourth-order valence-electron chi connectivity index (χ4n) is 8.01. The van der Waals surface area contributed by atoms with Gasteiger partial charge in [-0.15, -0.1) is 0 Å². The van der Waals surface area contributed by atoms with Gasteiger partial charge in [-0.1, -0.05) is 12.8 Å². The van der Waals surface area contributed by atoms with Crippen LogP contribution in [0.4, 0.5) is 4.79 Å². The number of carbonyl (C=O) groups excluding carboxylic acids is 1. The summed E-state index contributed by atoms with van der Waals surface area (Å²) in [6.07, 6.45) is 16.8. The summed E-state index contributed by atoms with van der Waals surface area (Å²) in [5.74, 6) is 3.54. The van der Waals surface area contributed by atoms with E-state index in [4.69, 9.17) is 12.2 Å². The molecule has 6 rings (SSSR count). The summed E-state index contributed by atoms with van der Waals surface area (Å²) in [5.41, 5.74) is 0.276. The Kier molecular flexibility index (Phi) is 6.14. The Hall–Kier alpha value is -1.04. The Morgan fingerprint density at radius 3 is 2.27 bits per heavy atom. The quantitative estimate of drug-likeness (QED) is 0.451. The van der Waals surface area contributed by atoms with Gasteiger partial charge >= 0.3 is 6.03 Å². The molecule has 6 aliphatic rings. The highest BCUT2D eigenvalue weighted by atomic mass is 32.1. The number of hydrogen-bond acceptors (Lipinski definition) is 2. The number of piperidine rings is 1. The molecule has 2 atom stereocenters. The molecular weight excluding hydrogens is 392 g/mol. The van der Waals surface area contributed by atoms with Crippen LogP contribution in [-0.4, -0.2) is 47.3 Å². The predicted molar refractivity (Wildman–Crippen MR) is 124 cm³/mol. The second-order valence-corrected chi connectivity index (χ2v) is 11.5. The predicted octanol–water partition coefficient (Wildman–Crippen LogP) is 4.17. The molecule has 1 aliphatic heterocycles. The monoisotopic (exact) mass is 432 g/mol. The lowest BCUT2D eigenvalue weighted by molar-refractivity contribution is -0.0101. The fourth-order valence-corrected chi connectivity index (χ4v) is 8.33. The smallest absolute Gasteiger partial charge is 0.317 e. The number of fused-ring (bicyclic) bond motifs is 1. The number of likely N-dealkylation sites (tertiary alicyclic amines) is 1. The minimum atomic E-state index is 0.154. The Morgan fingerprint density at radius 2 is 1.53 bits per heavy atom. The Labute approximate surface area is 187 Å². The third-order valence-electron chi connectivity index (χ3n) is 8.84. The second-order valence-electron chi connectivity index (χ2n) is 11.1. The van der Waals surface area contributed by atoms with Crippen LogP contribution >= 0.6 is 12.2 Å². The van der Waals surface area contributed by atoms with Crippen LogP contribution in [0.1, 0.15) is 83.5 Å². The van der Waals surface area contributed by atoms with Gasteiger partial charge in [-0.05, 0) is 107 Å². The summed E-state index contributed by atoms with van der Waals surface area (Å²) in [6.45, 7) is 2.48. The van der Waals surface area contributed by atoms with Crippen LogP contribution in [-0.2, 0) is 0 Å². The SMILES string of the molecule is O=C(NCCCNC(=S)NC12CC3CC(CC(C3)C1)C2)N1CCCC2CCCCC21. The van der Waals surface area contributed by atoms with Gasteiger partial charge in [-0.2, -0.15) is 0 Å². The second kappa shape index (κ2) is 8.84. The van der Waals surface area contributed by atoms with Crippen molar-refractivity contribution in [2.24, 2.45) is 23.7 Å². The molecule has 2 unspecified atom stereocenters. The van der Waals surface area contributed by atoms with E-state index in [2.05, 4.69) is 20.9 Å². The van der Waals surface area contributed by atoms with Crippen LogP contribution in [0.25, 0.3) is 0 Å². The van der Waals surface area contributed by atoms with Crippen molar-refractivity contribution in [3.8, 4) is 0 Å². The third-order valence-corrected chi connectivity index (χ3v) is 9.08. The summed E-state index contributed by atoms with van der Waals surface area (Å²) >= 11 is 5.64. The molecule has 5 nitrogen and oxygen atoms in total. The standard InChI is InChI=1S/C24H40N4OS/c29-23(28-10-3-6-20-5-1-2-7-21(20)28)26-9-4-8-25-22(30)27-24-14-17-11-18(15-24)13-19(12-17)16-24/h17-21H,1-16H2,(H,26,29)(H2,25,27,30). The number of nitrogens with one attached hydrogen (secondary N) is 3. The number of nitrogens with zero attached hydrogens (tertiary/aromatic N) is 1. The van der Waals surface area contributed by atoms with Gasteiger partial charge in [-0.3, -0.25) is 0 Å². The van der Waals surface area contributed by atoms with Gasteiger partial charge in [0, 0.05) is 31.2 Å². The third kappa shape index (κ3) is 4.44. The van der Waals surface area contributed by atoms with Gasteiger partial charge in [0.2, 0.25) is 0 Å². The molecule has 6 heteroatoms. The normalized spacial score (nSPS) is 39.3. The van der Waals surface area contributed by atoms with Gasteiger partial charge in [-0.25, -0.2) is 4.79 Å². The van der Waals surface area contributed by atoms with E-state index < -0.39 is 0 Å². The molecule has 2 amide bonds. The summed E-state index contributed by atoms with van der Waals surface area (Å²) < 4.78 is 0. The van der Waals surface area contributed by atoms with Gasteiger partial charge in [0.25, 0.3) is 0 Å².